The number of hydrogen-bond donors (Lipinski definition) is 6. The molecular formula is C44H73N3O16P2. The Labute approximate surface area is 382 Å². The average molecular weight is 962 g/mol. The van der Waals surface area contributed by atoms with Crippen LogP contribution in [0.25, 0.3) is 0 Å². The largest absolute Gasteiger partial charge is 0.481 e. The summed E-state index contributed by atoms with van der Waals surface area (Å²) in [6.45, 7) is 4.13. The summed E-state index contributed by atoms with van der Waals surface area (Å²) in [5.41, 5.74) is 4.56. The number of aromatic nitrogens is 2. The van der Waals surface area contributed by atoms with Crippen molar-refractivity contribution in [1.82, 2.24) is 9.55 Å². The van der Waals surface area contributed by atoms with E-state index >= 15 is 0 Å². The van der Waals surface area contributed by atoms with E-state index in [1.165, 1.54) is 31.7 Å². The molecule has 0 saturated carbocycles. The van der Waals surface area contributed by atoms with Crippen molar-refractivity contribution in [2.24, 2.45) is 5.92 Å². The summed E-state index contributed by atoms with van der Waals surface area (Å²) in [4.78, 5) is 61.5. The minimum Gasteiger partial charge on any atom is -0.462 e. The third-order valence-electron chi connectivity index (χ3n) is 9.93. The fourth-order valence-corrected chi connectivity index (χ4v) is 8.44. The molecule has 0 aliphatic carbocycles. The second-order valence-corrected chi connectivity index (χ2v) is 19.3. The van der Waals surface area contributed by atoms with E-state index in [2.05, 4.69) is 42.2 Å². The van der Waals surface area contributed by atoms with Crippen molar-refractivity contribution < 1.29 is 71.4 Å². The Morgan fingerprint density at radius 1 is 0.862 bits per heavy atom. The van der Waals surface area contributed by atoms with Crippen molar-refractivity contribution in [1.29, 1.82) is 0 Å². The highest BCUT2D eigenvalue weighted by Crippen LogP contribution is 2.60. The number of unbranched alkanes of at least 4 members (excludes halogenated alkanes) is 9. The molecule has 0 amide bonds. The van der Waals surface area contributed by atoms with Crippen LogP contribution in [0.3, 0.4) is 0 Å². The minimum atomic E-state index is -5.45. The molecule has 1 aromatic rings. The molecule has 1 aromatic heterocycles. The number of hydrogen-bond acceptors (Lipinski definition) is 16. The molecule has 1 aliphatic heterocycles. The molecule has 1 saturated heterocycles. The summed E-state index contributed by atoms with van der Waals surface area (Å²) in [5.74, 6) is -0.785. The number of carbonyl (C=O) groups excluding carboxylic acids is 2. The van der Waals surface area contributed by atoms with Crippen molar-refractivity contribution in [3.05, 3.63) is 71.4 Å². The van der Waals surface area contributed by atoms with Gasteiger partial charge in [-0.2, -0.15) is 9.29 Å². The first-order chi connectivity index (χ1) is 30.9. The van der Waals surface area contributed by atoms with E-state index in [0.29, 0.717) is 31.6 Å². The molecule has 0 aromatic carbocycles. The molecule has 2 rings (SSSR count). The third-order valence-corrected chi connectivity index (χ3v) is 12.5. The first kappa shape index (κ1) is 57.8. The van der Waals surface area contributed by atoms with Crippen molar-refractivity contribution in [3.63, 3.8) is 0 Å². The summed E-state index contributed by atoms with van der Waals surface area (Å²) in [5, 5.41) is 31.0. The smallest absolute Gasteiger partial charge is 0.462 e. The van der Waals surface area contributed by atoms with E-state index in [-0.39, 0.29) is 18.7 Å². The first-order valence-electron chi connectivity index (χ1n) is 22.6. The second-order valence-electron chi connectivity index (χ2n) is 16.2. The maximum absolute atomic E-state index is 12.8. The molecule has 65 heavy (non-hydrogen) atoms. The number of phosphoric acid groups is 2. The first-order valence-corrected chi connectivity index (χ1v) is 25.6. The Hall–Kier alpha value is -3.32. The summed E-state index contributed by atoms with van der Waals surface area (Å²) >= 11 is 0. The van der Waals surface area contributed by atoms with Gasteiger partial charge in [0.1, 0.15) is 30.7 Å². The number of carbonyl (C=O) groups is 2. The number of allylic oxidation sites excluding steroid dienone is 6. The van der Waals surface area contributed by atoms with Crippen LogP contribution in [-0.2, 0) is 46.3 Å². The molecule has 1 fully saturated rings. The van der Waals surface area contributed by atoms with Crippen LogP contribution < -0.4 is 11.4 Å². The maximum Gasteiger partial charge on any atom is 0.481 e. The summed E-state index contributed by atoms with van der Waals surface area (Å²) < 4.78 is 56.4. The third kappa shape index (κ3) is 26.6. The number of rotatable bonds is 35. The van der Waals surface area contributed by atoms with Gasteiger partial charge in [-0.3, -0.25) is 23.2 Å². The van der Waals surface area contributed by atoms with Crippen LogP contribution in [0.4, 0.5) is 5.82 Å². The molecule has 2 heterocycles. The molecule has 3 unspecified atom stereocenters. The number of nitrogens with zero attached hydrogens (tertiary/aromatic N) is 2. The van der Waals surface area contributed by atoms with Gasteiger partial charge in [-0.05, 0) is 56.9 Å². The van der Waals surface area contributed by atoms with Crippen LogP contribution in [-0.4, -0.2) is 96.9 Å². The van der Waals surface area contributed by atoms with Gasteiger partial charge in [0.15, 0.2) is 12.3 Å². The zero-order valence-corrected chi connectivity index (χ0v) is 39.8. The number of aliphatic hydroxyl groups excluding tert-OH is 3. The molecule has 370 valence electrons. The quantitative estimate of drug-likeness (QED) is 0.0131. The minimum absolute atomic E-state index is 0.0861. The Morgan fingerprint density at radius 3 is 2.26 bits per heavy atom. The zero-order valence-electron chi connectivity index (χ0n) is 38.1. The van der Waals surface area contributed by atoms with Gasteiger partial charge in [0.05, 0.1) is 19.3 Å². The summed E-state index contributed by atoms with van der Waals surface area (Å²) in [6.07, 6.45) is 21.5. The van der Waals surface area contributed by atoms with Gasteiger partial charge in [0.25, 0.3) is 0 Å². The molecular weight excluding hydrogens is 888 g/mol. The Balaban J connectivity index is 1.89. The Bertz CT molecular complexity index is 1800. The Kier molecular flexibility index (Phi) is 28.8. The fourth-order valence-electron chi connectivity index (χ4n) is 6.33. The van der Waals surface area contributed by atoms with Gasteiger partial charge in [-0.1, -0.05) is 121 Å². The lowest BCUT2D eigenvalue weighted by Crippen LogP contribution is -2.36. The average Bonchev–Trinajstić information content (AvgIpc) is 3.52. The summed E-state index contributed by atoms with van der Waals surface area (Å²) in [6, 6.07) is 1.24. The predicted octanol–water partition coefficient (Wildman–Crippen LogP) is 7.04. The monoisotopic (exact) mass is 961 g/mol. The lowest BCUT2D eigenvalue weighted by Gasteiger charge is -2.21. The number of ether oxygens (including phenoxy) is 3. The van der Waals surface area contributed by atoms with Crippen molar-refractivity contribution >= 4 is 33.4 Å². The van der Waals surface area contributed by atoms with Gasteiger partial charge in [-0.25, -0.2) is 13.9 Å². The van der Waals surface area contributed by atoms with Gasteiger partial charge >= 0.3 is 33.3 Å². The van der Waals surface area contributed by atoms with E-state index in [0.717, 1.165) is 55.7 Å². The molecule has 1 aliphatic rings. The molecule has 21 heteroatoms. The molecule has 19 nitrogen and oxygen atoms in total. The van der Waals surface area contributed by atoms with Crippen LogP contribution in [0.15, 0.2) is 65.7 Å². The van der Waals surface area contributed by atoms with Gasteiger partial charge in [0.2, 0.25) is 0 Å². The van der Waals surface area contributed by atoms with Crippen LogP contribution in [0.2, 0.25) is 0 Å². The normalized spacial score (nSPS) is 20.8. The van der Waals surface area contributed by atoms with Crippen molar-refractivity contribution in [2.45, 2.75) is 167 Å². The van der Waals surface area contributed by atoms with E-state index < -0.39 is 89.8 Å². The summed E-state index contributed by atoms with van der Waals surface area (Å²) in [7, 11) is -10.9. The van der Waals surface area contributed by atoms with Crippen LogP contribution in [0.5, 0.6) is 0 Å². The Morgan fingerprint density at radius 2 is 1.54 bits per heavy atom. The SMILES string of the molecule is CCCCC/C=C\C/C=C\CC(O)/C=C\C=C\CCCC(=O)O[C@H](COC(=O)CCCCCCCCC(C)C)COP(=O)(O)OP(=O)(O)OC[C@H]1O[C@@H](n2ccc(N)nc2=O)[C@H](O)[C@@H]1O. The molecule has 0 bridgehead atoms. The zero-order chi connectivity index (χ0) is 48.1. The number of esters is 2. The number of nitrogen functional groups attached to an aromatic ring is 1. The highest BCUT2D eigenvalue weighted by molar-refractivity contribution is 7.61. The predicted molar refractivity (Wildman–Crippen MR) is 244 cm³/mol. The van der Waals surface area contributed by atoms with Crippen LogP contribution in [0.1, 0.15) is 136 Å². The van der Waals surface area contributed by atoms with Crippen LogP contribution >= 0.6 is 15.6 Å². The van der Waals surface area contributed by atoms with E-state index in [1.54, 1.807) is 24.3 Å². The number of phosphoric ester groups is 2. The maximum atomic E-state index is 12.8. The lowest BCUT2D eigenvalue weighted by molar-refractivity contribution is -0.161. The number of aliphatic hydroxyl groups is 3. The standard InChI is InChI=1S/C44H73N3O16P2/c1-4-5-6-7-8-9-10-15-20-25-35(48)26-21-16-13-18-23-28-40(50)61-36(31-58-39(49)27-22-17-12-11-14-19-24-34(2)3)32-59-64(54,55)63-65(56,57)60-33-37-41(51)42(52)43(62-37)47-30-29-38(45)46-44(47)53/h8-9,13,15-16,20-21,26,29-30,34-37,41-43,48,51-52H,4-7,10-12,14,17-19,22-25,27-28,31-33H2,1-3H3,(H,54,55)(H,56,57)(H2,45,46,53)/b9-8-,16-13+,20-15-,26-21-/t35?,36-,37-,41-,42-,43-/m1/s1. The number of nitrogens with two attached hydrogens (primary N) is 1. The fraction of sp³-hybridized carbons (Fsp3) is 0.682. The molecule has 7 N–H and O–H groups in total. The van der Waals surface area contributed by atoms with E-state index in [9.17, 15) is 48.6 Å². The van der Waals surface area contributed by atoms with Crippen LogP contribution in [0, 0.1) is 5.92 Å². The second kappa shape index (κ2) is 32.4. The van der Waals surface area contributed by atoms with Gasteiger partial charge in [0, 0.05) is 19.0 Å². The van der Waals surface area contributed by atoms with E-state index in [4.69, 9.17) is 29.0 Å². The van der Waals surface area contributed by atoms with Crippen molar-refractivity contribution in [3.8, 4) is 0 Å². The molecule has 0 spiro atoms. The van der Waals surface area contributed by atoms with Gasteiger partial charge in [-0.15, -0.1) is 0 Å². The molecule has 0 radical (unpaired) electrons. The lowest BCUT2D eigenvalue weighted by atomic mass is 10.0. The molecule has 8 atom stereocenters. The topological polar surface area (TPSA) is 286 Å². The highest BCUT2D eigenvalue weighted by atomic mass is 31.3. The van der Waals surface area contributed by atoms with Gasteiger partial charge < -0.3 is 45.1 Å². The van der Waals surface area contributed by atoms with E-state index in [1.807, 2.05) is 12.2 Å². The number of anilines is 1. The highest BCUT2D eigenvalue weighted by Gasteiger charge is 2.46. The van der Waals surface area contributed by atoms with Crippen molar-refractivity contribution in [2.75, 3.05) is 25.6 Å².